The van der Waals surface area contributed by atoms with Crippen LogP contribution >= 0.6 is 0 Å². The average Bonchev–Trinajstić information content (AvgIpc) is 2.87. The molecule has 0 saturated carbocycles. The van der Waals surface area contributed by atoms with Crippen LogP contribution in [0, 0.1) is 0 Å². The molecule has 1 aliphatic rings. The fourth-order valence-electron chi connectivity index (χ4n) is 2.16. The maximum absolute atomic E-state index is 12.4. The second-order valence-electron chi connectivity index (χ2n) is 4.35. The number of nitrogens with zero attached hydrogens (tertiary/aromatic N) is 2. The Morgan fingerprint density at radius 3 is 3.00 bits per heavy atom. The topological polar surface area (TPSA) is 88.1 Å². The van der Waals surface area contributed by atoms with E-state index < -0.39 is 0 Å². The first kappa shape index (κ1) is 13.2. The Bertz CT molecular complexity index is 502. The maximum Gasteiger partial charge on any atom is 0.234 e. The van der Waals surface area contributed by atoms with Crippen LogP contribution in [-0.4, -0.2) is 41.5 Å². The molecule has 19 heavy (non-hydrogen) atoms. The summed E-state index contributed by atoms with van der Waals surface area (Å²) >= 11 is 0. The fraction of sp³-hybridized carbons (Fsp3) is 0.385. The molecule has 1 aromatic carbocycles. The van der Waals surface area contributed by atoms with Crippen molar-refractivity contribution in [1.82, 2.24) is 4.90 Å². The molecule has 0 radical (unpaired) electrons. The number of amides is 1. The van der Waals surface area contributed by atoms with E-state index >= 15 is 0 Å². The first-order valence-electron chi connectivity index (χ1n) is 6.14. The summed E-state index contributed by atoms with van der Waals surface area (Å²) in [5.41, 5.74) is 6.35. The summed E-state index contributed by atoms with van der Waals surface area (Å²) in [6.45, 7) is 2.80. The zero-order valence-electron chi connectivity index (χ0n) is 10.7. The van der Waals surface area contributed by atoms with E-state index in [1.807, 2.05) is 31.2 Å². The SMILES string of the molecule is CCN(CC(N)=NO)C(=O)C1COc2ccccc21. The number of oxime groups is 1. The summed E-state index contributed by atoms with van der Waals surface area (Å²) in [5.74, 6) is 0.379. The third-order valence-electron chi connectivity index (χ3n) is 3.17. The van der Waals surface area contributed by atoms with E-state index in [0.717, 1.165) is 11.3 Å². The molecule has 1 unspecified atom stereocenters. The molecule has 0 bridgehead atoms. The molecule has 0 fully saturated rings. The Morgan fingerprint density at radius 2 is 2.32 bits per heavy atom. The molecule has 1 amide bonds. The van der Waals surface area contributed by atoms with Gasteiger partial charge in [-0.05, 0) is 13.0 Å². The Labute approximate surface area is 111 Å². The lowest BCUT2D eigenvalue weighted by Gasteiger charge is -2.23. The zero-order chi connectivity index (χ0) is 13.8. The van der Waals surface area contributed by atoms with Crippen LogP contribution < -0.4 is 10.5 Å². The smallest absolute Gasteiger partial charge is 0.234 e. The van der Waals surface area contributed by atoms with E-state index in [2.05, 4.69) is 5.16 Å². The number of carbonyl (C=O) groups is 1. The van der Waals surface area contributed by atoms with Crippen molar-refractivity contribution in [2.45, 2.75) is 12.8 Å². The first-order chi connectivity index (χ1) is 9.17. The minimum absolute atomic E-state index is 0.0161. The van der Waals surface area contributed by atoms with Crippen LogP contribution in [0.5, 0.6) is 5.75 Å². The molecule has 6 nitrogen and oxygen atoms in total. The number of rotatable bonds is 4. The summed E-state index contributed by atoms with van der Waals surface area (Å²) < 4.78 is 5.50. The normalized spacial score (nSPS) is 17.7. The highest BCUT2D eigenvalue weighted by molar-refractivity contribution is 5.90. The third kappa shape index (κ3) is 2.62. The van der Waals surface area contributed by atoms with E-state index in [4.69, 9.17) is 15.7 Å². The van der Waals surface area contributed by atoms with Crippen LogP contribution in [0.2, 0.25) is 0 Å². The molecule has 0 aliphatic carbocycles. The Morgan fingerprint density at radius 1 is 1.58 bits per heavy atom. The number of nitrogens with two attached hydrogens (primary N) is 1. The zero-order valence-corrected chi connectivity index (χ0v) is 10.7. The Kier molecular flexibility index (Phi) is 3.89. The fourth-order valence-corrected chi connectivity index (χ4v) is 2.16. The van der Waals surface area contributed by atoms with Crippen LogP contribution in [0.4, 0.5) is 0 Å². The lowest BCUT2D eigenvalue weighted by Crippen LogP contribution is -2.41. The van der Waals surface area contributed by atoms with Crippen molar-refractivity contribution in [1.29, 1.82) is 0 Å². The number of fused-ring (bicyclic) bond motifs is 1. The van der Waals surface area contributed by atoms with Gasteiger partial charge < -0.3 is 20.6 Å². The third-order valence-corrected chi connectivity index (χ3v) is 3.17. The van der Waals surface area contributed by atoms with Gasteiger partial charge in [-0.15, -0.1) is 0 Å². The van der Waals surface area contributed by atoms with E-state index in [0.29, 0.717) is 13.2 Å². The quantitative estimate of drug-likeness (QED) is 0.363. The van der Waals surface area contributed by atoms with Gasteiger partial charge in [0.15, 0.2) is 5.84 Å². The van der Waals surface area contributed by atoms with Gasteiger partial charge in [-0.25, -0.2) is 0 Å². The van der Waals surface area contributed by atoms with Crippen molar-refractivity contribution < 1.29 is 14.7 Å². The van der Waals surface area contributed by atoms with Gasteiger partial charge in [-0.3, -0.25) is 4.79 Å². The highest BCUT2D eigenvalue weighted by Gasteiger charge is 2.32. The van der Waals surface area contributed by atoms with E-state index in [-0.39, 0.29) is 24.2 Å². The van der Waals surface area contributed by atoms with Crippen LogP contribution in [0.15, 0.2) is 29.4 Å². The Hall–Kier alpha value is -2.24. The molecule has 0 spiro atoms. The largest absolute Gasteiger partial charge is 0.492 e. The van der Waals surface area contributed by atoms with Gasteiger partial charge in [-0.2, -0.15) is 0 Å². The van der Waals surface area contributed by atoms with Gasteiger partial charge in [-0.1, -0.05) is 23.4 Å². The van der Waals surface area contributed by atoms with E-state index in [9.17, 15) is 4.79 Å². The van der Waals surface area contributed by atoms with Crippen molar-refractivity contribution in [2.75, 3.05) is 19.7 Å². The van der Waals surface area contributed by atoms with Crippen molar-refractivity contribution in [3.8, 4) is 5.75 Å². The number of benzene rings is 1. The molecule has 1 atom stereocenters. The van der Waals surface area contributed by atoms with Crippen LogP contribution in [-0.2, 0) is 4.79 Å². The standard InChI is InChI=1S/C13H17N3O3/c1-2-16(7-12(14)15-18)13(17)10-8-19-11-6-4-3-5-9(10)11/h3-6,10,18H,2,7-8H2,1H3,(H2,14,15). The van der Waals surface area contributed by atoms with Crippen LogP contribution in [0.1, 0.15) is 18.4 Å². The first-order valence-corrected chi connectivity index (χ1v) is 6.14. The summed E-state index contributed by atoms with van der Waals surface area (Å²) in [4.78, 5) is 14.0. The molecule has 1 aromatic rings. The number of likely N-dealkylation sites (N-methyl/N-ethyl adjacent to an activating group) is 1. The lowest BCUT2D eigenvalue weighted by molar-refractivity contribution is -0.132. The molecule has 102 valence electrons. The van der Waals surface area contributed by atoms with Gasteiger partial charge in [0.25, 0.3) is 0 Å². The second kappa shape index (κ2) is 5.60. The van der Waals surface area contributed by atoms with E-state index in [1.165, 1.54) is 0 Å². The summed E-state index contributed by atoms with van der Waals surface area (Å²) in [6, 6.07) is 7.50. The van der Waals surface area contributed by atoms with E-state index in [1.54, 1.807) is 4.90 Å². The van der Waals surface area contributed by atoms with Crippen LogP contribution in [0.25, 0.3) is 0 Å². The predicted molar refractivity (Wildman–Crippen MR) is 70.3 cm³/mol. The molecular weight excluding hydrogens is 246 g/mol. The van der Waals surface area contributed by atoms with Crippen molar-refractivity contribution in [2.24, 2.45) is 10.9 Å². The highest BCUT2D eigenvalue weighted by Crippen LogP contribution is 2.34. The van der Waals surface area contributed by atoms with Crippen molar-refractivity contribution in [3.63, 3.8) is 0 Å². The van der Waals surface area contributed by atoms with Gasteiger partial charge in [0.05, 0.1) is 6.54 Å². The molecule has 6 heteroatoms. The Balaban J connectivity index is 2.16. The minimum Gasteiger partial charge on any atom is -0.492 e. The molecular formula is C13H17N3O3. The van der Waals surface area contributed by atoms with Gasteiger partial charge in [0, 0.05) is 12.1 Å². The summed E-state index contributed by atoms with van der Waals surface area (Å²) in [7, 11) is 0. The second-order valence-corrected chi connectivity index (χ2v) is 4.35. The number of hydrogen-bond donors (Lipinski definition) is 2. The minimum atomic E-state index is -0.317. The molecule has 3 N–H and O–H groups in total. The average molecular weight is 263 g/mol. The van der Waals surface area contributed by atoms with Crippen molar-refractivity contribution >= 4 is 11.7 Å². The van der Waals surface area contributed by atoms with Crippen molar-refractivity contribution in [3.05, 3.63) is 29.8 Å². The molecule has 1 aliphatic heterocycles. The van der Waals surface area contributed by atoms with Gasteiger partial charge in [0.2, 0.25) is 5.91 Å². The number of para-hydroxylation sites is 1. The van der Waals surface area contributed by atoms with Crippen LogP contribution in [0.3, 0.4) is 0 Å². The maximum atomic E-state index is 12.4. The molecule has 1 heterocycles. The number of ether oxygens (including phenoxy) is 1. The molecule has 0 saturated heterocycles. The number of amidine groups is 1. The summed E-state index contributed by atoms with van der Waals surface area (Å²) in [6.07, 6.45) is 0. The van der Waals surface area contributed by atoms with Gasteiger partial charge >= 0.3 is 0 Å². The van der Waals surface area contributed by atoms with Gasteiger partial charge in [0.1, 0.15) is 18.3 Å². The molecule has 2 rings (SSSR count). The molecule has 0 aromatic heterocycles. The number of carbonyl (C=O) groups excluding carboxylic acids is 1. The predicted octanol–water partition coefficient (Wildman–Crippen LogP) is 0.757. The lowest BCUT2D eigenvalue weighted by atomic mass is 10.00. The monoisotopic (exact) mass is 263 g/mol. The number of hydrogen-bond acceptors (Lipinski definition) is 4. The summed E-state index contributed by atoms with van der Waals surface area (Å²) in [5, 5.41) is 11.5. The highest BCUT2D eigenvalue weighted by atomic mass is 16.5.